The van der Waals surface area contributed by atoms with Crippen molar-refractivity contribution in [1.82, 2.24) is 5.32 Å². The Kier molecular flexibility index (Phi) is 4.63. The zero-order valence-electron chi connectivity index (χ0n) is 11.1. The lowest BCUT2D eigenvalue weighted by atomic mass is 9.82. The molecule has 0 saturated carbocycles. The molecule has 90 valence electrons. The van der Waals surface area contributed by atoms with Gasteiger partial charge in [-0.1, -0.05) is 27.7 Å². The normalized spacial score (nSPS) is 14.6. The third kappa shape index (κ3) is 7.23. The minimum absolute atomic E-state index is 0.203. The molecule has 0 radical (unpaired) electrons. The van der Waals surface area contributed by atoms with Crippen LogP contribution in [0.2, 0.25) is 0 Å². The lowest BCUT2D eigenvalue weighted by Gasteiger charge is -2.28. The first-order valence-corrected chi connectivity index (χ1v) is 5.49. The molecule has 0 spiro atoms. The molecule has 0 unspecified atom stereocenters. The standard InChI is InChI=1S/C12H25NO2/c1-9(11(2,3)4)8-13-10(14)15-12(5,6)7/h9H,8H2,1-7H3,(H,13,14)/t9-/m0/s1. The molecule has 0 heterocycles. The molecule has 1 atom stereocenters. The molecule has 15 heavy (non-hydrogen) atoms. The number of alkyl carbamates (subject to hydrolysis) is 1. The van der Waals surface area contributed by atoms with Gasteiger partial charge in [-0.05, 0) is 32.1 Å². The van der Waals surface area contributed by atoms with Crippen LogP contribution < -0.4 is 5.32 Å². The van der Waals surface area contributed by atoms with Crippen LogP contribution in [0.15, 0.2) is 0 Å². The Morgan fingerprint density at radius 2 is 1.67 bits per heavy atom. The van der Waals surface area contributed by atoms with E-state index in [1.165, 1.54) is 0 Å². The molecule has 0 aliphatic carbocycles. The Morgan fingerprint density at radius 3 is 2.00 bits per heavy atom. The van der Waals surface area contributed by atoms with Crippen LogP contribution in [0.5, 0.6) is 0 Å². The molecule has 3 heteroatoms. The fourth-order valence-electron chi connectivity index (χ4n) is 0.857. The lowest BCUT2D eigenvalue weighted by molar-refractivity contribution is 0.0509. The van der Waals surface area contributed by atoms with E-state index >= 15 is 0 Å². The van der Waals surface area contributed by atoms with Gasteiger partial charge in [0.1, 0.15) is 5.60 Å². The summed E-state index contributed by atoms with van der Waals surface area (Å²) in [6, 6.07) is 0. The van der Waals surface area contributed by atoms with Gasteiger partial charge in [-0.2, -0.15) is 0 Å². The highest BCUT2D eigenvalue weighted by Gasteiger charge is 2.22. The van der Waals surface area contributed by atoms with Crippen molar-refractivity contribution < 1.29 is 9.53 Å². The van der Waals surface area contributed by atoms with E-state index in [-0.39, 0.29) is 11.5 Å². The maximum Gasteiger partial charge on any atom is 0.407 e. The average molecular weight is 215 g/mol. The second kappa shape index (κ2) is 4.86. The monoisotopic (exact) mass is 215 g/mol. The first-order valence-electron chi connectivity index (χ1n) is 5.49. The number of hydrogen-bond donors (Lipinski definition) is 1. The van der Waals surface area contributed by atoms with Crippen molar-refractivity contribution in [3.05, 3.63) is 0 Å². The summed E-state index contributed by atoms with van der Waals surface area (Å²) in [4.78, 5) is 11.4. The van der Waals surface area contributed by atoms with Crippen LogP contribution >= 0.6 is 0 Å². The Morgan fingerprint density at radius 1 is 1.20 bits per heavy atom. The van der Waals surface area contributed by atoms with E-state index < -0.39 is 5.60 Å². The van der Waals surface area contributed by atoms with E-state index in [1.54, 1.807) is 0 Å². The topological polar surface area (TPSA) is 38.3 Å². The van der Waals surface area contributed by atoms with Gasteiger partial charge in [-0.15, -0.1) is 0 Å². The summed E-state index contributed by atoms with van der Waals surface area (Å²) >= 11 is 0. The van der Waals surface area contributed by atoms with Gasteiger partial charge in [0, 0.05) is 6.54 Å². The minimum atomic E-state index is -0.422. The second-order valence-corrected chi connectivity index (χ2v) is 6.15. The maximum atomic E-state index is 11.4. The van der Waals surface area contributed by atoms with Gasteiger partial charge in [0.15, 0.2) is 0 Å². The summed E-state index contributed by atoms with van der Waals surface area (Å²) in [6.45, 7) is 14.8. The number of carbonyl (C=O) groups is 1. The number of ether oxygens (including phenoxy) is 1. The minimum Gasteiger partial charge on any atom is -0.444 e. The number of hydrogen-bond acceptors (Lipinski definition) is 2. The summed E-state index contributed by atoms with van der Waals surface area (Å²) < 4.78 is 5.15. The Bertz CT molecular complexity index is 211. The molecule has 0 rings (SSSR count). The molecular formula is C12H25NO2. The molecule has 0 aromatic rings. The highest BCUT2D eigenvalue weighted by atomic mass is 16.6. The molecule has 1 amide bonds. The fourth-order valence-corrected chi connectivity index (χ4v) is 0.857. The molecule has 0 fully saturated rings. The van der Waals surface area contributed by atoms with Crippen LogP contribution in [0.1, 0.15) is 48.5 Å². The van der Waals surface area contributed by atoms with Crippen molar-refractivity contribution in [2.24, 2.45) is 11.3 Å². The summed E-state index contributed by atoms with van der Waals surface area (Å²) in [5.74, 6) is 0.421. The fraction of sp³-hybridized carbons (Fsp3) is 0.917. The van der Waals surface area contributed by atoms with Gasteiger partial charge in [-0.3, -0.25) is 0 Å². The maximum absolute atomic E-state index is 11.4. The van der Waals surface area contributed by atoms with Gasteiger partial charge in [-0.25, -0.2) is 4.79 Å². The smallest absolute Gasteiger partial charge is 0.407 e. The van der Waals surface area contributed by atoms with Crippen molar-refractivity contribution in [3.8, 4) is 0 Å². The average Bonchev–Trinajstić information content (AvgIpc) is 1.94. The van der Waals surface area contributed by atoms with Gasteiger partial charge in [0.05, 0.1) is 0 Å². The van der Waals surface area contributed by atoms with E-state index in [0.29, 0.717) is 12.5 Å². The molecule has 3 nitrogen and oxygen atoms in total. The predicted molar refractivity (Wildman–Crippen MR) is 62.9 cm³/mol. The summed E-state index contributed by atoms with van der Waals surface area (Å²) in [5.41, 5.74) is -0.218. The van der Waals surface area contributed by atoms with Crippen LogP contribution in [-0.2, 0) is 4.74 Å². The predicted octanol–water partition coefficient (Wildman–Crippen LogP) is 3.19. The van der Waals surface area contributed by atoms with E-state index in [2.05, 4.69) is 33.0 Å². The van der Waals surface area contributed by atoms with Crippen molar-refractivity contribution in [3.63, 3.8) is 0 Å². The first-order chi connectivity index (χ1) is 6.52. The summed E-state index contributed by atoms with van der Waals surface area (Å²) in [7, 11) is 0. The Balaban J connectivity index is 3.92. The van der Waals surface area contributed by atoms with Gasteiger partial charge in [0.25, 0.3) is 0 Å². The zero-order valence-corrected chi connectivity index (χ0v) is 11.1. The van der Waals surface area contributed by atoms with Gasteiger partial charge in [0.2, 0.25) is 0 Å². The quantitative estimate of drug-likeness (QED) is 0.768. The van der Waals surface area contributed by atoms with Crippen LogP contribution in [0.25, 0.3) is 0 Å². The Hall–Kier alpha value is -0.730. The highest BCUT2D eigenvalue weighted by Crippen LogP contribution is 2.24. The number of carbonyl (C=O) groups excluding carboxylic acids is 1. The lowest BCUT2D eigenvalue weighted by Crippen LogP contribution is -2.37. The molecule has 1 N–H and O–H groups in total. The van der Waals surface area contributed by atoms with Crippen molar-refractivity contribution >= 4 is 6.09 Å². The van der Waals surface area contributed by atoms with E-state index in [9.17, 15) is 4.79 Å². The number of nitrogens with one attached hydrogen (secondary N) is 1. The van der Waals surface area contributed by atoms with Crippen molar-refractivity contribution in [2.45, 2.75) is 54.1 Å². The molecule has 0 aromatic carbocycles. The van der Waals surface area contributed by atoms with Gasteiger partial charge >= 0.3 is 6.09 Å². The molecule has 0 aliphatic rings. The van der Waals surface area contributed by atoms with E-state index in [4.69, 9.17) is 4.74 Å². The third-order valence-electron chi connectivity index (χ3n) is 2.43. The first kappa shape index (κ1) is 14.3. The largest absolute Gasteiger partial charge is 0.444 e. The molecule has 0 saturated heterocycles. The second-order valence-electron chi connectivity index (χ2n) is 6.15. The molecule has 0 bridgehead atoms. The van der Waals surface area contributed by atoms with Crippen LogP contribution in [0.4, 0.5) is 4.79 Å². The van der Waals surface area contributed by atoms with Gasteiger partial charge < -0.3 is 10.1 Å². The zero-order chi connectivity index (χ0) is 12.3. The van der Waals surface area contributed by atoms with Crippen LogP contribution in [0, 0.1) is 11.3 Å². The summed E-state index contributed by atoms with van der Waals surface area (Å²) in [6.07, 6.45) is -0.335. The third-order valence-corrected chi connectivity index (χ3v) is 2.43. The number of rotatable bonds is 2. The molecule has 0 aromatic heterocycles. The number of amides is 1. The van der Waals surface area contributed by atoms with E-state index in [1.807, 2.05) is 20.8 Å². The van der Waals surface area contributed by atoms with E-state index in [0.717, 1.165) is 0 Å². The van der Waals surface area contributed by atoms with Crippen LogP contribution in [-0.4, -0.2) is 18.2 Å². The summed E-state index contributed by atoms with van der Waals surface area (Å²) in [5, 5.41) is 2.78. The van der Waals surface area contributed by atoms with Crippen molar-refractivity contribution in [2.75, 3.05) is 6.54 Å². The highest BCUT2D eigenvalue weighted by molar-refractivity contribution is 5.67. The molecular weight excluding hydrogens is 190 g/mol. The SMILES string of the molecule is C[C@@H](CNC(=O)OC(C)(C)C)C(C)(C)C. The van der Waals surface area contributed by atoms with Crippen molar-refractivity contribution in [1.29, 1.82) is 0 Å². The Labute approximate surface area is 93.6 Å². The van der Waals surface area contributed by atoms with Crippen LogP contribution in [0.3, 0.4) is 0 Å². The molecule has 0 aliphatic heterocycles.